The fraction of sp³-hybridized carbons (Fsp3) is 0.286. The van der Waals surface area contributed by atoms with Gasteiger partial charge in [-0.05, 0) is 19.9 Å². The van der Waals surface area contributed by atoms with Crippen LogP contribution < -0.4 is 0 Å². The lowest BCUT2D eigenvalue weighted by Crippen LogP contribution is -1.77. The molecule has 0 unspecified atom stereocenters. The fourth-order valence-corrected chi connectivity index (χ4v) is 1.81. The molecule has 0 bridgehead atoms. The van der Waals surface area contributed by atoms with Gasteiger partial charge in [-0.3, -0.25) is 3.79 Å². The Hall–Kier alpha value is -0.830. The van der Waals surface area contributed by atoms with Gasteiger partial charge in [0, 0.05) is 5.38 Å². The average molecular weight is 152 g/mol. The largest absolute Gasteiger partial charge is 0.252 e. The molecule has 0 radical (unpaired) electrons. The summed E-state index contributed by atoms with van der Waals surface area (Å²) in [6.07, 6.45) is 0. The molecule has 52 valence electrons. The van der Waals surface area contributed by atoms with Crippen molar-refractivity contribution in [2.75, 3.05) is 0 Å². The molecule has 0 aliphatic heterocycles. The van der Waals surface area contributed by atoms with Crippen LogP contribution in [0.2, 0.25) is 0 Å². The Labute approximate surface area is 63.3 Å². The van der Waals surface area contributed by atoms with Gasteiger partial charge in [-0.2, -0.15) is 0 Å². The first kappa shape index (κ1) is 5.92. The van der Waals surface area contributed by atoms with E-state index in [4.69, 9.17) is 0 Å². The summed E-state index contributed by atoms with van der Waals surface area (Å²) in [6.45, 7) is 4.13. The first-order valence-corrected chi connectivity index (χ1v) is 4.02. The van der Waals surface area contributed by atoms with Gasteiger partial charge in [0.1, 0.15) is 5.65 Å². The number of rotatable bonds is 0. The fourth-order valence-electron chi connectivity index (χ4n) is 1.01. The maximum Gasteiger partial charge on any atom is 0.147 e. The van der Waals surface area contributed by atoms with Gasteiger partial charge >= 0.3 is 0 Å². The predicted octanol–water partition coefficient (Wildman–Crippen LogP) is 2.01. The lowest BCUT2D eigenvalue weighted by atomic mass is 10.4. The van der Waals surface area contributed by atoms with Gasteiger partial charge in [0.25, 0.3) is 0 Å². The molecule has 0 atom stereocenters. The Morgan fingerprint density at radius 3 is 3.00 bits per heavy atom. The van der Waals surface area contributed by atoms with Gasteiger partial charge in [-0.1, -0.05) is 11.5 Å². The van der Waals surface area contributed by atoms with Crippen molar-refractivity contribution in [1.29, 1.82) is 0 Å². The molecule has 0 amide bonds. The second kappa shape index (κ2) is 1.83. The molecule has 2 heterocycles. The zero-order valence-electron chi connectivity index (χ0n) is 5.96. The number of hydrogen-bond donors (Lipinski definition) is 0. The minimum Gasteiger partial charge on any atom is -0.252 e. The van der Waals surface area contributed by atoms with Gasteiger partial charge in [0.05, 0.1) is 11.4 Å². The van der Waals surface area contributed by atoms with Crippen LogP contribution in [0.1, 0.15) is 11.4 Å². The Morgan fingerprint density at radius 1 is 1.50 bits per heavy atom. The lowest BCUT2D eigenvalue weighted by Gasteiger charge is -1.85. The number of hydrogen-bond acceptors (Lipinski definition) is 2. The van der Waals surface area contributed by atoms with Crippen LogP contribution >= 0.6 is 11.5 Å². The van der Waals surface area contributed by atoms with Gasteiger partial charge in [-0.25, -0.2) is 4.98 Å². The van der Waals surface area contributed by atoms with E-state index in [1.807, 2.05) is 13.0 Å². The molecule has 2 rings (SSSR count). The topological polar surface area (TPSA) is 17.3 Å². The van der Waals surface area contributed by atoms with Crippen LogP contribution in [0.15, 0.2) is 11.4 Å². The highest BCUT2D eigenvalue weighted by Crippen LogP contribution is 2.14. The van der Waals surface area contributed by atoms with Crippen molar-refractivity contribution in [3.8, 4) is 0 Å². The van der Waals surface area contributed by atoms with Gasteiger partial charge in [0.2, 0.25) is 0 Å². The van der Waals surface area contributed by atoms with E-state index >= 15 is 0 Å². The molecule has 0 N–H and O–H groups in total. The number of aromatic nitrogens is 2. The molecule has 0 aliphatic rings. The molecule has 2 nitrogen and oxygen atoms in total. The number of imidazole rings is 1. The standard InChI is InChI=1S/C7H8N2S/c1-5-6(2)9-7(8-5)3-4-10-9/h3-4H,1-2H3. The first-order chi connectivity index (χ1) is 4.79. The van der Waals surface area contributed by atoms with Crippen LogP contribution in [-0.2, 0) is 0 Å². The maximum absolute atomic E-state index is 4.35. The molecule has 0 spiro atoms. The van der Waals surface area contributed by atoms with Crippen molar-refractivity contribution in [3.05, 3.63) is 22.8 Å². The number of nitrogens with zero attached hydrogens (tertiary/aromatic N) is 2. The normalized spacial score (nSPS) is 11.0. The van der Waals surface area contributed by atoms with Crippen molar-refractivity contribution < 1.29 is 0 Å². The van der Waals surface area contributed by atoms with Crippen molar-refractivity contribution in [1.82, 2.24) is 8.77 Å². The summed E-state index contributed by atoms with van der Waals surface area (Å²) in [4.78, 5) is 4.35. The van der Waals surface area contributed by atoms with Crippen LogP contribution in [0.4, 0.5) is 0 Å². The molecular weight excluding hydrogens is 144 g/mol. The van der Waals surface area contributed by atoms with Crippen molar-refractivity contribution in [3.63, 3.8) is 0 Å². The highest BCUT2D eigenvalue weighted by atomic mass is 32.1. The third kappa shape index (κ3) is 0.609. The zero-order chi connectivity index (χ0) is 7.14. The van der Waals surface area contributed by atoms with E-state index in [1.165, 1.54) is 5.69 Å². The second-order valence-electron chi connectivity index (χ2n) is 2.34. The summed E-state index contributed by atoms with van der Waals surface area (Å²) in [6, 6.07) is 2.03. The third-order valence-electron chi connectivity index (χ3n) is 1.70. The van der Waals surface area contributed by atoms with Crippen LogP contribution in [0.25, 0.3) is 5.65 Å². The highest BCUT2D eigenvalue weighted by Gasteiger charge is 2.02. The van der Waals surface area contributed by atoms with E-state index in [1.54, 1.807) is 11.5 Å². The molecule has 2 aromatic heterocycles. The van der Waals surface area contributed by atoms with Gasteiger partial charge in [0.15, 0.2) is 0 Å². The molecule has 10 heavy (non-hydrogen) atoms. The molecular formula is C7H8N2S. The molecule has 0 saturated carbocycles. The van der Waals surface area contributed by atoms with E-state index in [-0.39, 0.29) is 0 Å². The molecule has 2 aromatic rings. The Kier molecular flexibility index (Phi) is 1.08. The SMILES string of the molecule is Cc1nc2ccsn2c1C. The monoisotopic (exact) mass is 152 g/mol. The summed E-state index contributed by atoms with van der Waals surface area (Å²) in [5, 5.41) is 2.05. The predicted molar refractivity (Wildman–Crippen MR) is 42.5 cm³/mol. The number of fused-ring (bicyclic) bond motifs is 1. The Bertz CT molecular complexity index is 358. The third-order valence-corrected chi connectivity index (χ3v) is 2.63. The van der Waals surface area contributed by atoms with E-state index in [9.17, 15) is 0 Å². The summed E-state index contributed by atoms with van der Waals surface area (Å²) in [5.41, 5.74) is 3.46. The summed E-state index contributed by atoms with van der Waals surface area (Å²) < 4.78 is 2.13. The molecule has 0 saturated heterocycles. The number of aryl methyl sites for hydroxylation is 2. The second-order valence-corrected chi connectivity index (χ2v) is 3.19. The molecule has 0 aromatic carbocycles. The lowest BCUT2D eigenvalue weighted by molar-refractivity contribution is 1.19. The van der Waals surface area contributed by atoms with E-state index in [0.717, 1.165) is 11.3 Å². The van der Waals surface area contributed by atoms with Crippen LogP contribution in [0.5, 0.6) is 0 Å². The molecule has 0 fully saturated rings. The van der Waals surface area contributed by atoms with Crippen LogP contribution in [0, 0.1) is 13.8 Å². The Morgan fingerprint density at radius 2 is 2.30 bits per heavy atom. The summed E-state index contributed by atoms with van der Waals surface area (Å²) >= 11 is 1.69. The first-order valence-electron chi connectivity index (χ1n) is 3.18. The van der Waals surface area contributed by atoms with E-state index in [0.29, 0.717) is 0 Å². The van der Waals surface area contributed by atoms with Crippen LogP contribution in [-0.4, -0.2) is 8.77 Å². The molecule has 3 heteroatoms. The summed E-state index contributed by atoms with van der Waals surface area (Å²) in [5.74, 6) is 0. The molecule has 0 aliphatic carbocycles. The zero-order valence-corrected chi connectivity index (χ0v) is 6.77. The highest BCUT2D eigenvalue weighted by molar-refractivity contribution is 7.04. The van der Waals surface area contributed by atoms with Crippen LogP contribution in [0.3, 0.4) is 0 Å². The quantitative estimate of drug-likeness (QED) is 0.564. The van der Waals surface area contributed by atoms with E-state index in [2.05, 4.69) is 21.1 Å². The minimum atomic E-state index is 1.07. The minimum absolute atomic E-state index is 1.07. The van der Waals surface area contributed by atoms with Gasteiger partial charge in [-0.15, -0.1) is 0 Å². The Balaban J connectivity index is 2.95. The van der Waals surface area contributed by atoms with Crippen molar-refractivity contribution in [2.24, 2.45) is 0 Å². The van der Waals surface area contributed by atoms with E-state index < -0.39 is 0 Å². The van der Waals surface area contributed by atoms with Crippen molar-refractivity contribution >= 4 is 17.2 Å². The average Bonchev–Trinajstić information content (AvgIpc) is 2.41. The van der Waals surface area contributed by atoms with Crippen molar-refractivity contribution in [2.45, 2.75) is 13.8 Å². The summed E-state index contributed by atoms with van der Waals surface area (Å²) in [7, 11) is 0. The van der Waals surface area contributed by atoms with Gasteiger partial charge < -0.3 is 0 Å². The smallest absolute Gasteiger partial charge is 0.147 e. The maximum atomic E-state index is 4.35.